The number of pyridine rings is 1. The average molecular weight is 398 g/mol. The number of nitrogens with zero attached hydrogens (tertiary/aromatic N) is 1. The van der Waals surface area contributed by atoms with Gasteiger partial charge in [-0.3, -0.25) is 30.0 Å². The molecule has 0 unspecified atom stereocenters. The van der Waals surface area contributed by atoms with Crippen LogP contribution in [0.25, 0.3) is 0 Å². The molecule has 8 heteroatoms. The summed E-state index contributed by atoms with van der Waals surface area (Å²) in [5.74, 6) is -1.26. The van der Waals surface area contributed by atoms with Crippen LogP contribution in [0.4, 0.5) is 0 Å². The third-order valence-corrected chi connectivity index (χ3v) is 4.21. The fourth-order valence-electron chi connectivity index (χ4n) is 2.50. The van der Waals surface area contributed by atoms with Crippen LogP contribution < -0.4 is 21.7 Å². The van der Waals surface area contributed by atoms with Crippen molar-refractivity contribution < 1.29 is 14.4 Å². The van der Waals surface area contributed by atoms with E-state index in [1.807, 2.05) is 12.1 Å². The van der Waals surface area contributed by atoms with Crippen molar-refractivity contribution in [3.05, 3.63) is 70.1 Å². The highest BCUT2D eigenvalue weighted by Gasteiger charge is 2.14. The molecule has 0 spiro atoms. The molecule has 1 aromatic heterocycles. The highest BCUT2D eigenvalue weighted by molar-refractivity contribution is 5.94. The van der Waals surface area contributed by atoms with Gasteiger partial charge in [0.25, 0.3) is 17.4 Å². The molecule has 0 aliphatic carbocycles. The van der Waals surface area contributed by atoms with E-state index < -0.39 is 11.8 Å². The smallest absolute Gasteiger partial charge is 0.258 e. The summed E-state index contributed by atoms with van der Waals surface area (Å²) in [4.78, 5) is 47.3. The number of rotatable bonds is 6. The Bertz CT molecular complexity index is 927. The number of nitrogens with one attached hydrogen (secondary N) is 3. The lowest BCUT2D eigenvalue weighted by Crippen LogP contribution is -2.44. The van der Waals surface area contributed by atoms with Gasteiger partial charge in [-0.1, -0.05) is 39.0 Å². The van der Waals surface area contributed by atoms with E-state index in [4.69, 9.17) is 0 Å². The van der Waals surface area contributed by atoms with E-state index in [0.717, 1.165) is 5.56 Å². The molecule has 0 saturated carbocycles. The molecule has 8 nitrogen and oxygen atoms in total. The number of hydrogen-bond donors (Lipinski definition) is 3. The maximum atomic E-state index is 12.1. The Kier molecular flexibility index (Phi) is 7.30. The van der Waals surface area contributed by atoms with E-state index in [1.54, 1.807) is 24.3 Å². The fraction of sp³-hybridized carbons (Fsp3) is 0.333. The molecule has 2 aromatic rings. The lowest BCUT2D eigenvalue weighted by molar-refractivity contribution is -0.129. The second kappa shape index (κ2) is 9.68. The summed E-state index contributed by atoms with van der Waals surface area (Å²) in [6.45, 7) is 6.20. The van der Waals surface area contributed by atoms with Gasteiger partial charge in [0.1, 0.15) is 6.54 Å². The highest BCUT2D eigenvalue weighted by atomic mass is 16.2. The minimum Gasteiger partial charge on any atom is -0.352 e. The van der Waals surface area contributed by atoms with Crippen LogP contribution in [0.1, 0.15) is 43.1 Å². The van der Waals surface area contributed by atoms with Crippen molar-refractivity contribution in [3.8, 4) is 0 Å². The lowest BCUT2D eigenvalue weighted by Gasteiger charge is -2.19. The zero-order valence-corrected chi connectivity index (χ0v) is 16.8. The number of carbonyl (C=O) groups excluding carboxylic acids is 3. The van der Waals surface area contributed by atoms with Crippen LogP contribution in [0, 0.1) is 0 Å². The first-order chi connectivity index (χ1) is 13.7. The van der Waals surface area contributed by atoms with Gasteiger partial charge < -0.3 is 9.88 Å². The van der Waals surface area contributed by atoms with Gasteiger partial charge in [-0.15, -0.1) is 0 Å². The second-order valence-electron chi connectivity index (χ2n) is 7.60. The summed E-state index contributed by atoms with van der Waals surface area (Å²) in [5.41, 5.74) is 5.83. The molecule has 0 saturated heterocycles. The first-order valence-electron chi connectivity index (χ1n) is 9.29. The monoisotopic (exact) mass is 398 g/mol. The number of hydrogen-bond acceptors (Lipinski definition) is 4. The summed E-state index contributed by atoms with van der Waals surface area (Å²) in [5, 5.41) is 2.67. The summed E-state index contributed by atoms with van der Waals surface area (Å²) in [6.07, 6.45) is 1.48. The van der Waals surface area contributed by atoms with Crippen molar-refractivity contribution in [2.75, 3.05) is 6.54 Å². The van der Waals surface area contributed by atoms with Gasteiger partial charge in [0, 0.05) is 30.8 Å². The minimum absolute atomic E-state index is 0.00260. The Morgan fingerprint density at radius 2 is 1.59 bits per heavy atom. The molecular formula is C21H26N4O4. The molecule has 2 rings (SSSR count). The van der Waals surface area contributed by atoms with Gasteiger partial charge in [0.2, 0.25) is 5.91 Å². The van der Waals surface area contributed by atoms with Crippen molar-refractivity contribution in [2.45, 2.75) is 39.2 Å². The predicted octanol–water partition coefficient (Wildman–Crippen LogP) is 1.11. The molecule has 1 aromatic carbocycles. The first kappa shape index (κ1) is 21.9. The van der Waals surface area contributed by atoms with Crippen LogP contribution in [0.15, 0.2) is 53.5 Å². The maximum Gasteiger partial charge on any atom is 0.258 e. The minimum atomic E-state index is -0.533. The van der Waals surface area contributed by atoms with Crippen LogP contribution in [0.2, 0.25) is 0 Å². The summed E-state index contributed by atoms with van der Waals surface area (Å²) >= 11 is 0. The number of carbonyl (C=O) groups is 3. The molecule has 29 heavy (non-hydrogen) atoms. The summed E-state index contributed by atoms with van der Waals surface area (Å²) in [7, 11) is 0. The number of hydrazine groups is 1. The van der Waals surface area contributed by atoms with Crippen molar-refractivity contribution in [1.82, 2.24) is 20.7 Å². The topological polar surface area (TPSA) is 109 Å². The molecule has 1 heterocycles. The molecule has 0 atom stereocenters. The van der Waals surface area contributed by atoms with E-state index in [-0.39, 0.29) is 36.4 Å². The molecule has 0 radical (unpaired) electrons. The quantitative estimate of drug-likeness (QED) is 0.633. The van der Waals surface area contributed by atoms with E-state index in [9.17, 15) is 19.2 Å². The Morgan fingerprint density at radius 3 is 2.21 bits per heavy atom. The molecule has 154 valence electrons. The molecular weight excluding hydrogens is 372 g/mol. The highest BCUT2D eigenvalue weighted by Crippen LogP contribution is 2.22. The average Bonchev–Trinajstić information content (AvgIpc) is 2.67. The van der Waals surface area contributed by atoms with Crippen LogP contribution in [-0.4, -0.2) is 28.8 Å². The van der Waals surface area contributed by atoms with Crippen LogP contribution in [0.5, 0.6) is 0 Å². The zero-order chi connectivity index (χ0) is 21.4. The molecule has 0 fully saturated rings. The Labute approximate surface area is 169 Å². The largest absolute Gasteiger partial charge is 0.352 e. The standard InChI is InChI=1S/C21H26N4O4/c1-21(2,3)16-9-7-15(8-10-16)20(29)22-12-11-17(26)23-24-18(27)14-25-13-5-4-6-19(25)28/h4-10,13H,11-12,14H2,1-3H3,(H,22,29)(H,23,26)(H,24,27). The molecule has 3 N–H and O–H groups in total. The van der Waals surface area contributed by atoms with Gasteiger partial charge in [0.15, 0.2) is 0 Å². The van der Waals surface area contributed by atoms with Gasteiger partial charge in [0.05, 0.1) is 0 Å². The van der Waals surface area contributed by atoms with E-state index >= 15 is 0 Å². The summed E-state index contributed by atoms with van der Waals surface area (Å²) in [6, 6.07) is 11.9. The maximum absolute atomic E-state index is 12.1. The van der Waals surface area contributed by atoms with Crippen molar-refractivity contribution in [2.24, 2.45) is 0 Å². The SMILES string of the molecule is CC(C)(C)c1ccc(C(=O)NCCC(=O)NNC(=O)Cn2ccccc2=O)cc1. The van der Waals surface area contributed by atoms with Gasteiger partial charge in [-0.2, -0.15) is 0 Å². The Morgan fingerprint density at radius 1 is 0.931 bits per heavy atom. The molecule has 0 aliphatic heterocycles. The third kappa shape index (κ3) is 6.91. The number of amides is 3. The fourth-order valence-corrected chi connectivity index (χ4v) is 2.50. The predicted molar refractivity (Wildman–Crippen MR) is 109 cm³/mol. The lowest BCUT2D eigenvalue weighted by atomic mass is 9.87. The van der Waals surface area contributed by atoms with Crippen molar-refractivity contribution in [3.63, 3.8) is 0 Å². The Hall–Kier alpha value is -3.42. The first-order valence-corrected chi connectivity index (χ1v) is 9.29. The van der Waals surface area contributed by atoms with Crippen LogP contribution in [-0.2, 0) is 21.5 Å². The zero-order valence-electron chi connectivity index (χ0n) is 16.8. The van der Waals surface area contributed by atoms with Crippen LogP contribution >= 0.6 is 0 Å². The van der Waals surface area contributed by atoms with Crippen LogP contribution in [0.3, 0.4) is 0 Å². The van der Waals surface area contributed by atoms with E-state index in [0.29, 0.717) is 5.56 Å². The van der Waals surface area contributed by atoms with Gasteiger partial charge in [-0.25, -0.2) is 0 Å². The molecule has 0 bridgehead atoms. The second-order valence-corrected chi connectivity index (χ2v) is 7.60. The van der Waals surface area contributed by atoms with E-state index in [1.165, 1.54) is 16.8 Å². The third-order valence-electron chi connectivity index (χ3n) is 4.21. The summed E-state index contributed by atoms with van der Waals surface area (Å²) < 4.78 is 1.21. The Balaban J connectivity index is 1.71. The molecule has 0 aliphatic rings. The van der Waals surface area contributed by atoms with Crippen molar-refractivity contribution >= 4 is 17.7 Å². The number of aromatic nitrogens is 1. The van der Waals surface area contributed by atoms with Gasteiger partial charge >= 0.3 is 0 Å². The molecule has 3 amide bonds. The van der Waals surface area contributed by atoms with E-state index in [2.05, 4.69) is 36.9 Å². The van der Waals surface area contributed by atoms with Gasteiger partial charge in [-0.05, 0) is 29.2 Å². The number of benzene rings is 1. The van der Waals surface area contributed by atoms with Crippen molar-refractivity contribution in [1.29, 1.82) is 0 Å². The normalized spacial score (nSPS) is 10.9.